The van der Waals surface area contributed by atoms with Crippen molar-refractivity contribution in [1.29, 1.82) is 0 Å². The minimum absolute atomic E-state index is 0.143. The molecule has 0 bridgehead atoms. The van der Waals surface area contributed by atoms with Crippen LogP contribution in [0.4, 0.5) is 5.13 Å². The Morgan fingerprint density at radius 2 is 1.70 bits per heavy atom. The summed E-state index contributed by atoms with van der Waals surface area (Å²) in [6.45, 7) is 0.179. The molecule has 170 valence electrons. The van der Waals surface area contributed by atoms with Crippen molar-refractivity contribution in [2.75, 3.05) is 25.4 Å². The normalized spacial score (nSPS) is 11.4. The van der Waals surface area contributed by atoms with Gasteiger partial charge in [-0.25, -0.2) is 13.4 Å². The second-order valence-electron chi connectivity index (χ2n) is 7.15. The van der Waals surface area contributed by atoms with Gasteiger partial charge in [0.2, 0.25) is 0 Å². The molecule has 8 nitrogen and oxygen atoms in total. The molecule has 0 atom stereocenters. The van der Waals surface area contributed by atoms with Gasteiger partial charge < -0.3 is 9.47 Å². The number of thiazole rings is 1. The Bertz CT molecular complexity index is 1360. The number of nitrogens with zero attached hydrogens (tertiary/aromatic N) is 3. The molecule has 10 heteroatoms. The van der Waals surface area contributed by atoms with E-state index in [0.29, 0.717) is 33.4 Å². The molecule has 2 heterocycles. The largest absolute Gasteiger partial charge is 0.495 e. The fraction of sp³-hybridized carbons (Fsp3) is 0.174. The van der Waals surface area contributed by atoms with Crippen LogP contribution in [0, 0.1) is 0 Å². The van der Waals surface area contributed by atoms with Gasteiger partial charge in [0, 0.05) is 18.0 Å². The summed E-state index contributed by atoms with van der Waals surface area (Å²) in [5, 5.41) is 0.440. The molecule has 0 unspecified atom stereocenters. The van der Waals surface area contributed by atoms with Crippen molar-refractivity contribution >= 4 is 42.4 Å². The lowest BCUT2D eigenvalue weighted by atomic mass is 10.2. The van der Waals surface area contributed by atoms with Gasteiger partial charge in [-0.15, -0.1) is 0 Å². The average Bonchev–Trinajstić information content (AvgIpc) is 3.27. The van der Waals surface area contributed by atoms with Gasteiger partial charge >= 0.3 is 0 Å². The lowest BCUT2D eigenvalue weighted by Crippen LogP contribution is -2.30. The van der Waals surface area contributed by atoms with Gasteiger partial charge in [-0.05, 0) is 48.5 Å². The molecule has 0 aliphatic carbocycles. The van der Waals surface area contributed by atoms with Crippen LogP contribution < -0.4 is 14.4 Å². The molecule has 0 spiro atoms. The van der Waals surface area contributed by atoms with Crippen molar-refractivity contribution in [1.82, 2.24) is 9.97 Å². The zero-order valence-electron chi connectivity index (χ0n) is 18.2. The number of aromatic nitrogens is 2. The number of rotatable bonds is 7. The van der Waals surface area contributed by atoms with E-state index in [1.165, 1.54) is 40.5 Å². The first kappa shape index (κ1) is 22.7. The number of benzene rings is 2. The molecule has 0 N–H and O–H groups in total. The van der Waals surface area contributed by atoms with Crippen molar-refractivity contribution in [3.8, 4) is 11.5 Å². The average molecular weight is 484 g/mol. The zero-order chi connectivity index (χ0) is 23.6. The summed E-state index contributed by atoms with van der Waals surface area (Å²) in [6.07, 6.45) is 2.78. The molecule has 0 fully saturated rings. The van der Waals surface area contributed by atoms with Crippen LogP contribution in [0.25, 0.3) is 10.2 Å². The Balaban J connectivity index is 1.81. The standard InChI is InChI=1S/C23H21N3O5S2/c1-30-18-11-12-19(31-2)21-20(18)25-23(32-21)26(14-16-6-4-5-13-24-16)22(27)15-7-9-17(10-8-15)33(3,28)29/h4-13H,14H2,1-3H3. The summed E-state index contributed by atoms with van der Waals surface area (Å²) >= 11 is 1.30. The molecular weight excluding hydrogens is 462 g/mol. The molecule has 2 aromatic heterocycles. The van der Waals surface area contributed by atoms with E-state index in [4.69, 9.17) is 9.47 Å². The van der Waals surface area contributed by atoms with Crippen LogP contribution in [0.2, 0.25) is 0 Å². The van der Waals surface area contributed by atoms with Gasteiger partial charge in [0.25, 0.3) is 5.91 Å². The zero-order valence-corrected chi connectivity index (χ0v) is 19.8. The lowest BCUT2D eigenvalue weighted by Gasteiger charge is -2.19. The van der Waals surface area contributed by atoms with Gasteiger partial charge in [-0.2, -0.15) is 0 Å². The first-order chi connectivity index (χ1) is 15.8. The van der Waals surface area contributed by atoms with E-state index in [1.807, 2.05) is 12.1 Å². The van der Waals surface area contributed by atoms with E-state index < -0.39 is 9.84 Å². The van der Waals surface area contributed by atoms with Crippen LogP contribution in [-0.2, 0) is 16.4 Å². The van der Waals surface area contributed by atoms with Crippen molar-refractivity contribution in [3.05, 3.63) is 72.1 Å². The number of carbonyl (C=O) groups excluding carboxylic acids is 1. The first-order valence-corrected chi connectivity index (χ1v) is 12.6. The van der Waals surface area contributed by atoms with Crippen LogP contribution in [0.5, 0.6) is 11.5 Å². The highest BCUT2D eigenvalue weighted by Gasteiger charge is 2.24. The second kappa shape index (κ2) is 9.16. The second-order valence-corrected chi connectivity index (χ2v) is 10.1. The third-order valence-electron chi connectivity index (χ3n) is 4.95. The van der Waals surface area contributed by atoms with Crippen molar-refractivity contribution in [2.45, 2.75) is 11.4 Å². The molecule has 0 aliphatic rings. The Morgan fingerprint density at radius 3 is 2.30 bits per heavy atom. The maximum absolute atomic E-state index is 13.5. The van der Waals surface area contributed by atoms with Crippen molar-refractivity contribution in [2.24, 2.45) is 0 Å². The molecule has 4 rings (SSSR count). The monoisotopic (exact) mass is 483 g/mol. The van der Waals surface area contributed by atoms with Gasteiger partial charge in [0.15, 0.2) is 15.0 Å². The number of anilines is 1. The van der Waals surface area contributed by atoms with Crippen molar-refractivity contribution < 1.29 is 22.7 Å². The SMILES string of the molecule is COc1ccc(OC)c2sc(N(Cc3ccccn3)C(=O)c3ccc(S(C)(=O)=O)cc3)nc12. The maximum atomic E-state index is 13.5. The number of ether oxygens (including phenoxy) is 2. The quantitative estimate of drug-likeness (QED) is 0.392. The smallest absolute Gasteiger partial charge is 0.260 e. The fourth-order valence-corrected chi connectivity index (χ4v) is 4.97. The number of carbonyl (C=O) groups is 1. The molecule has 0 saturated carbocycles. The van der Waals surface area contributed by atoms with Crippen LogP contribution >= 0.6 is 11.3 Å². The van der Waals surface area contributed by atoms with Gasteiger partial charge in [-0.3, -0.25) is 14.7 Å². The first-order valence-electron chi connectivity index (χ1n) is 9.85. The predicted molar refractivity (Wildman–Crippen MR) is 127 cm³/mol. The van der Waals surface area contributed by atoms with E-state index in [1.54, 1.807) is 38.6 Å². The Labute approximate surface area is 195 Å². The van der Waals surface area contributed by atoms with E-state index >= 15 is 0 Å². The summed E-state index contributed by atoms with van der Waals surface area (Å²) in [5.41, 5.74) is 1.59. The third kappa shape index (κ3) is 4.67. The summed E-state index contributed by atoms with van der Waals surface area (Å²) in [5.74, 6) is 0.853. The highest BCUT2D eigenvalue weighted by molar-refractivity contribution is 7.90. The van der Waals surface area contributed by atoms with Gasteiger partial charge in [0.1, 0.15) is 21.7 Å². The molecule has 2 aromatic carbocycles. The number of pyridine rings is 1. The Hall–Kier alpha value is -3.50. The minimum atomic E-state index is -3.37. The summed E-state index contributed by atoms with van der Waals surface area (Å²) in [7, 11) is -0.246. The lowest BCUT2D eigenvalue weighted by molar-refractivity contribution is 0.0984. The Kier molecular flexibility index (Phi) is 6.30. The molecule has 0 radical (unpaired) electrons. The number of fused-ring (bicyclic) bond motifs is 1. The Morgan fingerprint density at radius 1 is 1.00 bits per heavy atom. The van der Waals surface area contributed by atoms with Crippen LogP contribution in [0.15, 0.2) is 65.7 Å². The highest BCUT2D eigenvalue weighted by Crippen LogP contribution is 2.40. The van der Waals surface area contributed by atoms with Gasteiger partial charge in [0.05, 0.1) is 31.4 Å². The predicted octanol–water partition coefficient (Wildman–Crippen LogP) is 3.96. The van der Waals surface area contributed by atoms with E-state index in [-0.39, 0.29) is 17.3 Å². The fourth-order valence-electron chi connectivity index (χ4n) is 3.27. The molecule has 4 aromatic rings. The number of amides is 1. The molecule has 1 amide bonds. The number of sulfone groups is 1. The van der Waals surface area contributed by atoms with E-state index in [9.17, 15) is 13.2 Å². The molecule has 0 aliphatic heterocycles. The van der Waals surface area contributed by atoms with Gasteiger partial charge in [-0.1, -0.05) is 17.4 Å². The minimum Gasteiger partial charge on any atom is -0.495 e. The van der Waals surface area contributed by atoms with Crippen molar-refractivity contribution in [3.63, 3.8) is 0 Å². The molecule has 33 heavy (non-hydrogen) atoms. The summed E-state index contributed by atoms with van der Waals surface area (Å²) in [6, 6.07) is 14.9. The summed E-state index contributed by atoms with van der Waals surface area (Å²) < 4.78 is 35.3. The topological polar surface area (TPSA) is 98.7 Å². The van der Waals surface area contributed by atoms with E-state index in [0.717, 1.165) is 11.0 Å². The number of hydrogen-bond acceptors (Lipinski definition) is 8. The highest BCUT2D eigenvalue weighted by atomic mass is 32.2. The van der Waals surface area contributed by atoms with E-state index in [2.05, 4.69) is 9.97 Å². The van der Waals surface area contributed by atoms with Crippen LogP contribution in [0.1, 0.15) is 16.1 Å². The van der Waals surface area contributed by atoms with Crippen LogP contribution in [0.3, 0.4) is 0 Å². The van der Waals surface area contributed by atoms with Crippen LogP contribution in [-0.4, -0.2) is 44.8 Å². The molecule has 0 saturated heterocycles. The maximum Gasteiger partial charge on any atom is 0.260 e. The summed E-state index contributed by atoms with van der Waals surface area (Å²) in [4.78, 5) is 24.2. The molecular formula is C23H21N3O5S2. The third-order valence-corrected chi connectivity index (χ3v) is 7.17. The number of methoxy groups -OCH3 is 2. The number of hydrogen-bond donors (Lipinski definition) is 0.